The van der Waals surface area contributed by atoms with Gasteiger partial charge in [-0.2, -0.15) is 0 Å². The smallest absolute Gasteiger partial charge is 0.0485 e. The maximum absolute atomic E-state index is 5.66. The zero-order valence-corrected chi connectivity index (χ0v) is 9.86. The minimum Gasteiger partial charge on any atom is -0.381 e. The molecule has 0 aliphatic carbocycles. The summed E-state index contributed by atoms with van der Waals surface area (Å²) in [6.07, 6.45) is 2.23. The van der Waals surface area contributed by atoms with Crippen molar-refractivity contribution >= 4 is 5.69 Å². The quantitative estimate of drug-likeness (QED) is 0.843. The van der Waals surface area contributed by atoms with E-state index in [1.54, 1.807) is 0 Å². The molecule has 1 aromatic carbocycles. The third-order valence-corrected chi connectivity index (χ3v) is 3.29. The average Bonchev–Trinajstić information content (AvgIpc) is 2.39. The van der Waals surface area contributed by atoms with Crippen LogP contribution in [-0.4, -0.2) is 26.3 Å². The van der Waals surface area contributed by atoms with Crippen molar-refractivity contribution in [2.75, 3.05) is 25.2 Å². The molecule has 3 nitrogen and oxygen atoms in total. The highest BCUT2D eigenvalue weighted by Crippen LogP contribution is 2.21. The first-order chi connectivity index (χ1) is 7.81. The molecule has 1 heterocycles. The molecular weight excluding hydrogens is 200 g/mol. The molecule has 1 aliphatic heterocycles. The Bertz CT molecular complexity index is 334. The number of rotatable bonds is 3. The SMILES string of the molecule is CN(c1cccc(CN)c1)C1CCOCC1. The van der Waals surface area contributed by atoms with Gasteiger partial charge in [0, 0.05) is 38.5 Å². The second kappa shape index (κ2) is 5.32. The van der Waals surface area contributed by atoms with Gasteiger partial charge in [-0.3, -0.25) is 0 Å². The topological polar surface area (TPSA) is 38.5 Å². The highest BCUT2D eigenvalue weighted by atomic mass is 16.5. The first-order valence-electron chi connectivity index (χ1n) is 5.91. The summed E-state index contributed by atoms with van der Waals surface area (Å²) in [5.41, 5.74) is 8.11. The van der Waals surface area contributed by atoms with Gasteiger partial charge >= 0.3 is 0 Å². The van der Waals surface area contributed by atoms with E-state index in [0.29, 0.717) is 12.6 Å². The average molecular weight is 220 g/mol. The van der Waals surface area contributed by atoms with Gasteiger partial charge < -0.3 is 15.4 Å². The van der Waals surface area contributed by atoms with Crippen LogP contribution in [0.2, 0.25) is 0 Å². The van der Waals surface area contributed by atoms with E-state index in [0.717, 1.165) is 26.1 Å². The molecule has 88 valence electrons. The fraction of sp³-hybridized carbons (Fsp3) is 0.538. The zero-order valence-electron chi connectivity index (χ0n) is 9.86. The summed E-state index contributed by atoms with van der Waals surface area (Å²) in [6, 6.07) is 9.07. The van der Waals surface area contributed by atoms with E-state index in [1.165, 1.54) is 11.3 Å². The lowest BCUT2D eigenvalue weighted by molar-refractivity contribution is 0.0855. The Morgan fingerprint density at radius 3 is 2.81 bits per heavy atom. The van der Waals surface area contributed by atoms with Crippen molar-refractivity contribution in [3.63, 3.8) is 0 Å². The van der Waals surface area contributed by atoms with E-state index in [-0.39, 0.29) is 0 Å². The lowest BCUT2D eigenvalue weighted by atomic mass is 10.1. The van der Waals surface area contributed by atoms with Gasteiger partial charge in [-0.05, 0) is 30.5 Å². The maximum Gasteiger partial charge on any atom is 0.0485 e. The summed E-state index contributed by atoms with van der Waals surface area (Å²) < 4.78 is 5.38. The lowest BCUT2D eigenvalue weighted by Crippen LogP contribution is -2.36. The van der Waals surface area contributed by atoms with Gasteiger partial charge in [0.1, 0.15) is 0 Å². The van der Waals surface area contributed by atoms with Gasteiger partial charge in [-0.25, -0.2) is 0 Å². The normalized spacial score (nSPS) is 17.4. The molecule has 1 aromatic rings. The van der Waals surface area contributed by atoms with Crippen molar-refractivity contribution in [2.45, 2.75) is 25.4 Å². The van der Waals surface area contributed by atoms with Crippen molar-refractivity contribution in [3.8, 4) is 0 Å². The summed E-state index contributed by atoms with van der Waals surface area (Å²) in [6.45, 7) is 2.37. The third-order valence-electron chi connectivity index (χ3n) is 3.29. The second-order valence-corrected chi connectivity index (χ2v) is 4.33. The van der Waals surface area contributed by atoms with Crippen LogP contribution in [0.3, 0.4) is 0 Å². The number of nitrogens with two attached hydrogens (primary N) is 1. The maximum atomic E-state index is 5.66. The summed E-state index contributed by atoms with van der Waals surface area (Å²) in [7, 11) is 2.16. The number of ether oxygens (including phenoxy) is 1. The Hall–Kier alpha value is -1.06. The summed E-state index contributed by atoms with van der Waals surface area (Å²) >= 11 is 0. The van der Waals surface area contributed by atoms with Gasteiger partial charge in [0.05, 0.1) is 0 Å². The van der Waals surface area contributed by atoms with Gasteiger partial charge in [0.25, 0.3) is 0 Å². The minimum atomic E-state index is 0.599. The first kappa shape index (κ1) is 11.4. The van der Waals surface area contributed by atoms with Gasteiger partial charge in [-0.1, -0.05) is 12.1 Å². The molecule has 0 unspecified atom stereocenters. The molecule has 0 saturated carbocycles. The van der Waals surface area contributed by atoms with Crippen molar-refractivity contribution in [1.82, 2.24) is 0 Å². The summed E-state index contributed by atoms with van der Waals surface area (Å²) in [5, 5.41) is 0. The van der Waals surface area contributed by atoms with E-state index >= 15 is 0 Å². The van der Waals surface area contributed by atoms with E-state index in [1.807, 2.05) is 0 Å². The molecule has 2 N–H and O–H groups in total. The lowest BCUT2D eigenvalue weighted by Gasteiger charge is -2.33. The highest BCUT2D eigenvalue weighted by Gasteiger charge is 2.18. The predicted octanol–water partition coefficient (Wildman–Crippen LogP) is 1.76. The van der Waals surface area contributed by atoms with Gasteiger partial charge in [-0.15, -0.1) is 0 Å². The highest BCUT2D eigenvalue weighted by molar-refractivity contribution is 5.48. The molecule has 0 bridgehead atoms. The Balaban J connectivity index is 2.09. The van der Waals surface area contributed by atoms with E-state index < -0.39 is 0 Å². The van der Waals surface area contributed by atoms with Crippen molar-refractivity contribution in [2.24, 2.45) is 5.73 Å². The van der Waals surface area contributed by atoms with Crippen LogP contribution in [0.1, 0.15) is 18.4 Å². The molecule has 1 saturated heterocycles. The minimum absolute atomic E-state index is 0.599. The van der Waals surface area contributed by atoms with E-state index in [2.05, 4.69) is 36.2 Å². The van der Waals surface area contributed by atoms with Crippen LogP contribution in [0.5, 0.6) is 0 Å². The van der Waals surface area contributed by atoms with Gasteiger partial charge in [0.15, 0.2) is 0 Å². The number of anilines is 1. The predicted molar refractivity (Wildman–Crippen MR) is 66.6 cm³/mol. The molecule has 0 amide bonds. The molecular formula is C13H20N2O. The molecule has 0 aromatic heterocycles. The number of nitrogens with zero attached hydrogens (tertiary/aromatic N) is 1. The van der Waals surface area contributed by atoms with Gasteiger partial charge in [0.2, 0.25) is 0 Å². The van der Waals surface area contributed by atoms with Crippen LogP contribution >= 0.6 is 0 Å². The van der Waals surface area contributed by atoms with E-state index in [4.69, 9.17) is 10.5 Å². The van der Waals surface area contributed by atoms with Crippen molar-refractivity contribution in [1.29, 1.82) is 0 Å². The second-order valence-electron chi connectivity index (χ2n) is 4.33. The molecule has 1 aliphatic rings. The van der Waals surface area contributed by atoms with Crippen molar-refractivity contribution < 1.29 is 4.74 Å². The molecule has 2 rings (SSSR count). The van der Waals surface area contributed by atoms with Crippen molar-refractivity contribution in [3.05, 3.63) is 29.8 Å². The standard InChI is InChI=1S/C13H20N2O/c1-15(12-5-7-16-8-6-12)13-4-2-3-11(9-13)10-14/h2-4,9,12H,5-8,10,14H2,1H3. The molecule has 0 atom stereocenters. The molecule has 16 heavy (non-hydrogen) atoms. The van der Waals surface area contributed by atoms with Crippen LogP contribution in [0.4, 0.5) is 5.69 Å². The first-order valence-corrected chi connectivity index (χ1v) is 5.91. The molecule has 1 fully saturated rings. The fourth-order valence-corrected chi connectivity index (χ4v) is 2.19. The van der Waals surface area contributed by atoms with Crippen LogP contribution in [0.25, 0.3) is 0 Å². The summed E-state index contributed by atoms with van der Waals surface area (Å²) in [4.78, 5) is 2.35. The third kappa shape index (κ3) is 2.54. The zero-order chi connectivity index (χ0) is 11.4. The van der Waals surface area contributed by atoms with Crippen LogP contribution in [-0.2, 0) is 11.3 Å². The Morgan fingerprint density at radius 1 is 1.38 bits per heavy atom. The number of benzene rings is 1. The van der Waals surface area contributed by atoms with Crippen LogP contribution in [0, 0.1) is 0 Å². The largest absolute Gasteiger partial charge is 0.381 e. The van der Waals surface area contributed by atoms with Crippen LogP contribution in [0.15, 0.2) is 24.3 Å². The molecule has 3 heteroatoms. The summed E-state index contributed by atoms with van der Waals surface area (Å²) in [5.74, 6) is 0. The van der Waals surface area contributed by atoms with E-state index in [9.17, 15) is 0 Å². The number of hydrogen-bond donors (Lipinski definition) is 1. The Morgan fingerprint density at radius 2 is 2.12 bits per heavy atom. The fourth-order valence-electron chi connectivity index (χ4n) is 2.19. The Labute approximate surface area is 97.2 Å². The monoisotopic (exact) mass is 220 g/mol. The number of hydrogen-bond acceptors (Lipinski definition) is 3. The Kier molecular flexibility index (Phi) is 3.80. The van der Waals surface area contributed by atoms with Crippen LogP contribution < -0.4 is 10.6 Å². The molecule has 0 spiro atoms. The molecule has 0 radical (unpaired) electrons.